The smallest absolute Gasteiger partial charge is 0.343 e. The van der Waals surface area contributed by atoms with Crippen LogP contribution in [0.25, 0.3) is 11.3 Å². The summed E-state index contributed by atoms with van der Waals surface area (Å²) in [5.74, 6) is -0.0876. The van der Waals surface area contributed by atoms with E-state index in [2.05, 4.69) is 11.9 Å². The van der Waals surface area contributed by atoms with Gasteiger partial charge in [-0.2, -0.15) is 0 Å². The van der Waals surface area contributed by atoms with Gasteiger partial charge in [-0.25, -0.2) is 9.78 Å². The number of carbonyl (C=O) groups excluding carboxylic acids is 1. The Bertz CT molecular complexity index is 626. The first kappa shape index (κ1) is 17.0. The Morgan fingerprint density at radius 3 is 2.52 bits per heavy atom. The number of esters is 1. The van der Waals surface area contributed by atoms with Gasteiger partial charge in [-0.3, -0.25) is 0 Å². The van der Waals surface area contributed by atoms with Crippen LogP contribution in [0.5, 0.6) is 5.88 Å². The predicted octanol–water partition coefficient (Wildman–Crippen LogP) is 4.49. The fourth-order valence-electron chi connectivity index (χ4n) is 2.28. The Morgan fingerprint density at radius 2 is 1.83 bits per heavy atom. The highest BCUT2D eigenvalue weighted by atomic mass is 16.5. The molecule has 2 rings (SSSR count). The minimum Gasteiger partial charge on any atom is -0.477 e. The number of nitrogens with zero attached hydrogens (tertiary/aromatic N) is 1. The van der Waals surface area contributed by atoms with Crippen molar-refractivity contribution in [1.29, 1.82) is 0 Å². The average molecular weight is 313 g/mol. The van der Waals surface area contributed by atoms with Gasteiger partial charge in [0.1, 0.15) is 5.56 Å². The molecule has 1 heterocycles. The molecule has 2 aromatic rings. The number of aromatic nitrogens is 1. The Morgan fingerprint density at radius 1 is 1.04 bits per heavy atom. The SMILES string of the molecule is CCCCCCOc1nc(-c2ccccc2)ccc1C(=O)OC. The third-order valence-corrected chi connectivity index (χ3v) is 3.57. The molecule has 0 aliphatic rings. The van der Waals surface area contributed by atoms with Crippen molar-refractivity contribution >= 4 is 5.97 Å². The van der Waals surface area contributed by atoms with E-state index in [1.165, 1.54) is 20.0 Å². The van der Waals surface area contributed by atoms with Crippen LogP contribution in [0, 0.1) is 0 Å². The molecule has 0 N–H and O–H groups in total. The fourth-order valence-corrected chi connectivity index (χ4v) is 2.28. The van der Waals surface area contributed by atoms with Gasteiger partial charge >= 0.3 is 5.97 Å². The van der Waals surface area contributed by atoms with Crippen LogP contribution in [0.2, 0.25) is 0 Å². The van der Waals surface area contributed by atoms with Crippen LogP contribution in [0.1, 0.15) is 43.0 Å². The van der Waals surface area contributed by atoms with Crippen molar-refractivity contribution in [3.8, 4) is 17.1 Å². The summed E-state index contributed by atoms with van der Waals surface area (Å²) in [7, 11) is 1.36. The van der Waals surface area contributed by atoms with Crippen molar-refractivity contribution < 1.29 is 14.3 Å². The molecule has 0 aliphatic heterocycles. The monoisotopic (exact) mass is 313 g/mol. The largest absolute Gasteiger partial charge is 0.477 e. The van der Waals surface area contributed by atoms with E-state index < -0.39 is 5.97 Å². The van der Waals surface area contributed by atoms with Crippen LogP contribution in [0.3, 0.4) is 0 Å². The summed E-state index contributed by atoms with van der Waals surface area (Å²) in [5, 5.41) is 0. The van der Waals surface area contributed by atoms with Crippen molar-refractivity contribution in [2.75, 3.05) is 13.7 Å². The molecule has 1 aromatic carbocycles. The molecule has 4 nitrogen and oxygen atoms in total. The summed E-state index contributed by atoms with van der Waals surface area (Å²) >= 11 is 0. The van der Waals surface area contributed by atoms with Gasteiger partial charge in [0.05, 0.1) is 19.4 Å². The predicted molar refractivity (Wildman–Crippen MR) is 90.6 cm³/mol. The highest BCUT2D eigenvalue weighted by Crippen LogP contribution is 2.24. The van der Waals surface area contributed by atoms with Gasteiger partial charge in [-0.05, 0) is 18.6 Å². The Balaban J connectivity index is 2.18. The van der Waals surface area contributed by atoms with Crippen LogP contribution in [-0.2, 0) is 4.74 Å². The normalized spacial score (nSPS) is 10.3. The number of methoxy groups -OCH3 is 1. The van der Waals surface area contributed by atoms with Crippen LogP contribution >= 0.6 is 0 Å². The lowest BCUT2D eigenvalue weighted by atomic mass is 10.1. The molecule has 0 spiro atoms. The minimum atomic E-state index is -0.430. The van der Waals surface area contributed by atoms with E-state index in [0.717, 1.165) is 24.1 Å². The first-order valence-corrected chi connectivity index (χ1v) is 8.03. The van der Waals surface area contributed by atoms with Gasteiger partial charge in [0.15, 0.2) is 0 Å². The van der Waals surface area contributed by atoms with Crippen molar-refractivity contribution in [2.45, 2.75) is 32.6 Å². The van der Waals surface area contributed by atoms with Crippen LogP contribution in [0.15, 0.2) is 42.5 Å². The van der Waals surface area contributed by atoms with Crippen molar-refractivity contribution in [2.24, 2.45) is 0 Å². The third-order valence-electron chi connectivity index (χ3n) is 3.57. The summed E-state index contributed by atoms with van der Waals surface area (Å²) in [4.78, 5) is 16.4. The number of hydrogen-bond donors (Lipinski definition) is 0. The average Bonchev–Trinajstić information content (AvgIpc) is 2.61. The molecule has 0 atom stereocenters. The highest BCUT2D eigenvalue weighted by Gasteiger charge is 2.16. The molecular weight excluding hydrogens is 290 g/mol. The van der Waals surface area contributed by atoms with Crippen LogP contribution in [0.4, 0.5) is 0 Å². The maximum absolute atomic E-state index is 11.9. The van der Waals surface area contributed by atoms with Gasteiger partial charge in [0, 0.05) is 5.56 Å². The summed E-state index contributed by atoms with van der Waals surface area (Å²) in [6.07, 6.45) is 4.42. The van der Waals surface area contributed by atoms with Gasteiger partial charge in [-0.15, -0.1) is 0 Å². The molecule has 122 valence electrons. The van der Waals surface area contributed by atoms with E-state index in [4.69, 9.17) is 9.47 Å². The van der Waals surface area contributed by atoms with Crippen molar-refractivity contribution in [3.63, 3.8) is 0 Å². The summed E-state index contributed by atoms with van der Waals surface area (Å²) in [6, 6.07) is 13.3. The number of rotatable bonds is 8. The number of pyridine rings is 1. The number of unbranched alkanes of at least 4 members (excludes halogenated alkanes) is 3. The minimum absolute atomic E-state index is 0.342. The Kier molecular flexibility index (Phi) is 6.60. The van der Waals surface area contributed by atoms with Crippen molar-refractivity contribution in [1.82, 2.24) is 4.98 Å². The van der Waals surface area contributed by atoms with E-state index in [0.29, 0.717) is 18.1 Å². The first-order chi connectivity index (χ1) is 11.3. The molecular formula is C19H23NO3. The summed E-state index contributed by atoms with van der Waals surface area (Å²) in [6.45, 7) is 2.72. The quantitative estimate of drug-likeness (QED) is 0.532. The van der Waals surface area contributed by atoms with Crippen LogP contribution in [-0.4, -0.2) is 24.7 Å². The van der Waals surface area contributed by atoms with Gasteiger partial charge in [0.2, 0.25) is 5.88 Å². The zero-order valence-electron chi connectivity index (χ0n) is 13.7. The molecule has 4 heteroatoms. The van der Waals surface area contributed by atoms with E-state index in [1.54, 1.807) is 6.07 Å². The maximum Gasteiger partial charge on any atom is 0.343 e. The van der Waals surface area contributed by atoms with Crippen LogP contribution < -0.4 is 4.74 Å². The lowest BCUT2D eigenvalue weighted by molar-refractivity contribution is 0.0595. The topological polar surface area (TPSA) is 48.4 Å². The molecule has 23 heavy (non-hydrogen) atoms. The molecule has 0 saturated heterocycles. The second-order valence-corrected chi connectivity index (χ2v) is 5.32. The van der Waals surface area contributed by atoms with E-state index in [9.17, 15) is 4.79 Å². The second kappa shape index (κ2) is 8.93. The molecule has 0 saturated carbocycles. The Hall–Kier alpha value is -2.36. The lowest BCUT2D eigenvalue weighted by Crippen LogP contribution is -2.09. The highest BCUT2D eigenvalue weighted by molar-refractivity contribution is 5.92. The molecule has 0 radical (unpaired) electrons. The standard InChI is InChI=1S/C19H23NO3/c1-3-4-5-9-14-23-18-16(19(21)22-2)12-13-17(20-18)15-10-7-6-8-11-15/h6-8,10-13H,3-5,9,14H2,1-2H3. The fraction of sp³-hybridized carbons (Fsp3) is 0.368. The molecule has 1 aromatic heterocycles. The number of hydrogen-bond acceptors (Lipinski definition) is 4. The van der Waals surface area contributed by atoms with E-state index in [-0.39, 0.29) is 0 Å². The van der Waals surface area contributed by atoms with E-state index >= 15 is 0 Å². The Labute approximate surface area is 137 Å². The zero-order valence-corrected chi connectivity index (χ0v) is 13.7. The first-order valence-electron chi connectivity index (χ1n) is 8.03. The number of ether oxygens (including phenoxy) is 2. The molecule has 0 aliphatic carbocycles. The zero-order chi connectivity index (χ0) is 16.5. The lowest BCUT2D eigenvalue weighted by Gasteiger charge is -2.11. The molecule has 0 bridgehead atoms. The van der Waals surface area contributed by atoms with Gasteiger partial charge in [-0.1, -0.05) is 56.5 Å². The van der Waals surface area contributed by atoms with Crippen molar-refractivity contribution in [3.05, 3.63) is 48.0 Å². The third kappa shape index (κ3) is 4.81. The maximum atomic E-state index is 11.9. The van der Waals surface area contributed by atoms with Gasteiger partial charge < -0.3 is 9.47 Å². The molecule has 0 amide bonds. The molecule has 0 fully saturated rings. The summed E-state index contributed by atoms with van der Waals surface area (Å²) in [5.41, 5.74) is 2.13. The number of benzene rings is 1. The number of carbonyl (C=O) groups is 1. The second-order valence-electron chi connectivity index (χ2n) is 5.32. The van der Waals surface area contributed by atoms with E-state index in [1.807, 2.05) is 36.4 Å². The molecule has 0 unspecified atom stereocenters. The summed E-state index contributed by atoms with van der Waals surface area (Å²) < 4.78 is 10.6. The van der Waals surface area contributed by atoms with Gasteiger partial charge in [0.25, 0.3) is 0 Å².